The third-order valence-corrected chi connectivity index (χ3v) is 6.56. The van der Waals surface area contributed by atoms with Crippen LogP contribution in [-0.2, 0) is 12.8 Å². The molecule has 0 saturated heterocycles. The van der Waals surface area contributed by atoms with Gasteiger partial charge in [-0.15, -0.1) is 0 Å². The molecule has 0 atom stereocenters. The van der Waals surface area contributed by atoms with E-state index in [0.29, 0.717) is 23.8 Å². The maximum Gasteiger partial charge on any atom is 0.274 e. The molecule has 2 heterocycles. The number of fused-ring (bicyclic) bond motifs is 2. The number of hydrogen-bond acceptors (Lipinski definition) is 6. The lowest BCUT2D eigenvalue weighted by Gasteiger charge is -2.30. The molecule has 0 bridgehead atoms. The molecule has 1 aliphatic heterocycles. The molecule has 0 fully saturated rings. The summed E-state index contributed by atoms with van der Waals surface area (Å²) in [6.07, 6.45) is 2.80. The van der Waals surface area contributed by atoms with Gasteiger partial charge >= 0.3 is 0 Å². The Morgan fingerprint density at radius 1 is 1.03 bits per heavy atom. The highest BCUT2D eigenvalue weighted by Crippen LogP contribution is 2.38. The molecule has 0 spiro atoms. The lowest BCUT2D eigenvalue weighted by Crippen LogP contribution is -2.31. The predicted octanol–water partition coefficient (Wildman–Crippen LogP) is 4.68. The zero-order chi connectivity index (χ0) is 23.8. The van der Waals surface area contributed by atoms with Crippen molar-refractivity contribution in [3.05, 3.63) is 82.1 Å². The molecule has 2 aromatic carbocycles. The van der Waals surface area contributed by atoms with Gasteiger partial charge < -0.3 is 15.4 Å². The Bertz CT molecular complexity index is 1310. The molecule has 174 valence electrons. The maximum absolute atomic E-state index is 13.0. The number of carbonyl (C=O) groups excluding carboxylic acids is 1. The number of nitrogens with two attached hydrogens (primary N) is 1. The summed E-state index contributed by atoms with van der Waals surface area (Å²) in [5, 5.41) is 7.74. The molecule has 0 saturated carbocycles. The highest BCUT2D eigenvalue weighted by Gasteiger charge is 2.24. The van der Waals surface area contributed by atoms with Crippen LogP contribution in [0.1, 0.15) is 46.1 Å². The minimum absolute atomic E-state index is 0.243. The zero-order valence-corrected chi connectivity index (χ0v) is 19.7. The number of rotatable bonds is 5. The Balaban J connectivity index is 1.46. The van der Waals surface area contributed by atoms with E-state index in [2.05, 4.69) is 34.7 Å². The number of carbonyl (C=O) groups is 1. The molecular weight excluding hydrogens is 426 g/mol. The van der Waals surface area contributed by atoms with Crippen molar-refractivity contribution in [1.82, 2.24) is 4.98 Å². The van der Waals surface area contributed by atoms with Crippen LogP contribution in [0.2, 0.25) is 0 Å². The van der Waals surface area contributed by atoms with E-state index >= 15 is 0 Å². The summed E-state index contributed by atoms with van der Waals surface area (Å²) in [5.41, 5.74) is 8.41. The number of hydrazine groups is 1. The first-order valence-electron chi connectivity index (χ1n) is 11.5. The van der Waals surface area contributed by atoms with Gasteiger partial charge in [0.15, 0.2) is 0 Å². The summed E-state index contributed by atoms with van der Waals surface area (Å²) in [5.74, 6) is 7.99. The number of allylic oxidation sites excluding steroid dienone is 1. The number of ether oxygens (including phenoxy) is 1. The van der Waals surface area contributed by atoms with Crippen LogP contribution < -0.4 is 26.2 Å². The Labute approximate surface area is 199 Å². The summed E-state index contributed by atoms with van der Waals surface area (Å²) < 4.78 is 5.75. The molecule has 2 aliphatic rings. The summed E-state index contributed by atoms with van der Waals surface area (Å²) in [4.78, 5) is 17.4. The fourth-order valence-corrected chi connectivity index (χ4v) is 4.62. The van der Waals surface area contributed by atoms with E-state index in [1.165, 1.54) is 16.7 Å². The van der Waals surface area contributed by atoms with Gasteiger partial charge in [0.1, 0.15) is 17.3 Å². The van der Waals surface area contributed by atoms with E-state index < -0.39 is 0 Å². The van der Waals surface area contributed by atoms with Crippen molar-refractivity contribution in [3.63, 3.8) is 0 Å². The van der Waals surface area contributed by atoms with Crippen LogP contribution in [0.3, 0.4) is 0 Å². The highest BCUT2D eigenvalue weighted by molar-refractivity contribution is 6.04. The van der Waals surface area contributed by atoms with E-state index in [1.54, 1.807) is 12.1 Å². The van der Waals surface area contributed by atoms with Crippen LogP contribution in [0.4, 0.5) is 17.2 Å². The topological polar surface area (TPSA) is 92.5 Å². The molecule has 1 aliphatic carbocycles. The first kappa shape index (κ1) is 22.0. The average Bonchev–Trinajstić information content (AvgIpc) is 3.32. The first-order chi connectivity index (χ1) is 16.4. The Kier molecular flexibility index (Phi) is 5.71. The van der Waals surface area contributed by atoms with E-state index in [-0.39, 0.29) is 5.91 Å². The lowest BCUT2D eigenvalue weighted by atomic mass is 9.89. The van der Waals surface area contributed by atoms with Crippen molar-refractivity contribution in [1.29, 1.82) is 0 Å². The van der Waals surface area contributed by atoms with Gasteiger partial charge in [-0.3, -0.25) is 9.80 Å². The van der Waals surface area contributed by atoms with Crippen LogP contribution in [0.5, 0.6) is 5.75 Å². The van der Waals surface area contributed by atoms with Gasteiger partial charge in [0.2, 0.25) is 0 Å². The van der Waals surface area contributed by atoms with Gasteiger partial charge in [0.05, 0.1) is 18.0 Å². The standard InChI is InChI=1S/C27H29N5O2/c1-16-5-11-24(29-3)31-25(16)27(33)30-20-9-7-18-6-4-17(2)26(22(18)14-20)32(28)21-10-8-19-12-13-34-23(19)15-21/h5,7-11,14-15H,4,6,12-13,28H2,1-3H3,(H,29,31)(H,30,33). The average molecular weight is 456 g/mol. The summed E-state index contributed by atoms with van der Waals surface area (Å²) in [6, 6.07) is 15.9. The predicted molar refractivity (Wildman–Crippen MR) is 136 cm³/mol. The van der Waals surface area contributed by atoms with Gasteiger partial charge in [-0.1, -0.05) is 18.2 Å². The number of nitrogens with zero attached hydrogens (tertiary/aromatic N) is 2. The van der Waals surface area contributed by atoms with Crippen LogP contribution in [-0.4, -0.2) is 24.5 Å². The zero-order valence-electron chi connectivity index (χ0n) is 19.7. The molecule has 7 heteroatoms. The highest BCUT2D eigenvalue weighted by atomic mass is 16.5. The Morgan fingerprint density at radius 2 is 1.85 bits per heavy atom. The second-order valence-electron chi connectivity index (χ2n) is 8.83. The second kappa shape index (κ2) is 8.83. The largest absolute Gasteiger partial charge is 0.493 e. The molecule has 4 N–H and O–H groups in total. The molecular formula is C27H29N5O2. The van der Waals surface area contributed by atoms with E-state index in [1.807, 2.05) is 43.3 Å². The molecule has 1 aromatic heterocycles. The number of benzene rings is 2. The van der Waals surface area contributed by atoms with Crippen molar-refractivity contribution in [2.75, 3.05) is 29.3 Å². The Morgan fingerprint density at radius 3 is 2.68 bits per heavy atom. The fraction of sp³-hybridized carbons (Fsp3) is 0.259. The normalized spacial score (nSPS) is 14.2. The van der Waals surface area contributed by atoms with Gasteiger partial charge in [-0.05, 0) is 73.2 Å². The van der Waals surface area contributed by atoms with Crippen molar-refractivity contribution >= 4 is 28.8 Å². The third kappa shape index (κ3) is 3.99. The minimum Gasteiger partial charge on any atom is -0.493 e. The number of aryl methyl sites for hydroxylation is 2. The maximum atomic E-state index is 13.0. The summed E-state index contributed by atoms with van der Waals surface area (Å²) >= 11 is 0. The fourth-order valence-electron chi connectivity index (χ4n) is 4.62. The summed E-state index contributed by atoms with van der Waals surface area (Å²) in [7, 11) is 1.78. The Hall–Kier alpha value is -3.84. The van der Waals surface area contributed by atoms with E-state index in [4.69, 9.17) is 10.6 Å². The summed E-state index contributed by atoms with van der Waals surface area (Å²) in [6.45, 7) is 4.71. The third-order valence-electron chi connectivity index (χ3n) is 6.56. The van der Waals surface area contributed by atoms with Gasteiger partial charge in [0, 0.05) is 30.8 Å². The minimum atomic E-state index is -0.243. The molecule has 0 unspecified atom stereocenters. The van der Waals surface area contributed by atoms with E-state index in [9.17, 15) is 4.79 Å². The van der Waals surface area contributed by atoms with Crippen LogP contribution in [0, 0.1) is 6.92 Å². The monoisotopic (exact) mass is 455 g/mol. The number of nitrogens with one attached hydrogen (secondary N) is 2. The number of anilines is 3. The second-order valence-corrected chi connectivity index (χ2v) is 8.83. The van der Waals surface area contributed by atoms with Crippen molar-refractivity contribution < 1.29 is 9.53 Å². The van der Waals surface area contributed by atoms with E-state index in [0.717, 1.165) is 47.5 Å². The van der Waals surface area contributed by atoms with Crippen molar-refractivity contribution in [2.45, 2.75) is 33.1 Å². The molecule has 0 radical (unpaired) electrons. The number of hydrogen-bond donors (Lipinski definition) is 3. The first-order valence-corrected chi connectivity index (χ1v) is 11.5. The SMILES string of the molecule is CNc1ccc(C)c(C(=O)Nc2ccc3c(c2)C(N(N)c2ccc4c(c2)OCC4)=C(C)CC3)n1. The van der Waals surface area contributed by atoms with Crippen molar-refractivity contribution in [3.8, 4) is 5.75 Å². The van der Waals surface area contributed by atoms with Crippen molar-refractivity contribution in [2.24, 2.45) is 5.84 Å². The van der Waals surface area contributed by atoms with Gasteiger partial charge in [0.25, 0.3) is 5.91 Å². The molecule has 1 amide bonds. The number of amides is 1. The molecule has 34 heavy (non-hydrogen) atoms. The smallest absolute Gasteiger partial charge is 0.274 e. The molecule has 5 rings (SSSR count). The van der Waals surface area contributed by atoms with Crippen LogP contribution in [0.15, 0.2) is 54.1 Å². The lowest BCUT2D eigenvalue weighted by molar-refractivity contribution is 0.102. The van der Waals surface area contributed by atoms with Gasteiger partial charge in [-0.25, -0.2) is 10.8 Å². The quantitative estimate of drug-likeness (QED) is 0.382. The van der Waals surface area contributed by atoms with Gasteiger partial charge in [-0.2, -0.15) is 0 Å². The molecule has 7 nitrogen and oxygen atoms in total. The molecule has 3 aromatic rings. The number of aromatic nitrogens is 1. The van der Waals surface area contributed by atoms with Crippen LogP contribution >= 0.6 is 0 Å². The van der Waals surface area contributed by atoms with Crippen LogP contribution in [0.25, 0.3) is 5.70 Å². The number of pyridine rings is 1.